The summed E-state index contributed by atoms with van der Waals surface area (Å²) in [4.78, 5) is 37.0. The fraction of sp³-hybridized carbons (Fsp3) is 0.219. The maximum absolute atomic E-state index is 14.0. The Hall–Kier alpha value is -4.08. The van der Waals surface area contributed by atoms with Crippen molar-refractivity contribution < 1.29 is 14.3 Å². The molecule has 0 fully saturated rings. The minimum atomic E-state index is -0.671. The van der Waals surface area contributed by atoms with Crippen molar-refractivity contribution in [2.24, 2.45) is 4.99 Å². The van der Waals surface area contributed by atoms with E-state index in [9.17, 15) is 9.59 Å². The van der Waals surface area contributed by atoms with Gasteiger partial charge in [-0.25, -0.2) is 9.79 Å². The van der Waals surface area contributed by atoms with Crippen LogP contribution < -0.4 is 24.5 Å². The maximum atomic E-state index is 14.0. The van der Waals surface area contributed by atoms with Gasteiger partial charge in [-0.2, -0.15) is 0 Å². The van der Waals surface area contributed by atoms with E-state index in [-0.39, 0.29) is 11.7 Å². The molecule has 3 heterocycles. The summed E-state index contributed by atoms with van der Waals surface area (Å²) in [5.74, 6) is 0.208. The molecule has 41 heavy (non-hydrogen) atoms. The van der Waals surface area contributed by atoms with E-state index in [4.69, 9.17) is 14.5 Å². The highest BCUT2D eigenvalue weighted by Crippen LogP contribution is 2.47. The maximum Gasteiger partial charge on any atom is 0.338 e. The van der Waals surface area contributed by atoms with Gasteiger partial charge in [-0.1, -0.05) is 53.4 Å². The number of fused-ring (bicyclic) bond motifs is 3. The second-order valence-corrected chi connectivity index (χ2v) is 12.3. The fourth-order valence-electron chi connectivity index (χ4n) is 5.16. The van der Waals surface area contributed by atoms with Gasteiger partial charge in [-0.05, 0) is 74.4 Å². The lowest BCUT2D eigenvalue weighted by atomic mass is 9.96. The number of para-hydroxylation sites is 1. The third kappa shape index (κ3) is 4.89. The number of thiazole rings is 1. The molecule has 2 aliphatic rings. The lowest BCUT2D eigenvalue weighted by Gasteiger charge is -2.29. The molecule has 0 spiro atoms. The monoisotopic (exact) mass is 583 g/mol. The molecule has 0 bridgehead atoms. The molecule has 1 atom stereocenters. The van der Waals surface area contributed by atoms with Crippen molar-refractivity contribution in [3.63, 3.8) is 0 Å². The van der Waals surface area contributed by atoms with Crippen LogP contribution in [-0.2, 0) is 9.53 Å². The van der Waals surface area contributed by atoms with Crippen molar-refractivity contribution in [3.05, 3.63) is 109 Å². The minimum absolute atomic E-state index is 0.204. The second-order valence-electron chi connectivity index (χ2n) is 10.2. The van der Waals surface area contributed by atoms with Gasteiger partial charge in [-0.3, -0.25) is 9.36 Å². The van der Waals surface area contributed by atoms with Crippen molar-refractivity contribution in [2.45, 2.75) is 42.7 Å². The second kappa shape index (κ2) is 10.7. The average Bonchev–Trinajstić information content (AvgIpc) is 3.25. The SMILES string of the molecule is COc1ccc([C@H]2C(C(=O)OC(C)C)=C(C)N=c3s/c(=C/c4ccc5c(c4)Sc4ccccc4N5C)c(=O)n32)cc1. The highest BCUT2D eigenvalue weighted by molar-refractivity contribution is 7.99. The number of methoxy groups -OCH3 is 1. The number of carbonyl (C=O) groups is 1. The Labute approximate surface area is 246 Å². The molecule has 6 rings (SSSR count). The van der Waals surface area contributed by atoms with Gasteiger partial charge >= 0.3 is 5.97 Å². The first kappa shape index (κ1) is 27.1. The van der Waals surface area contributed by atoms with Crippen LogP contribution in [0.3, 0.4) is 0 Å². The molecule has 0 aliphatic carbocycles. The zero-order chi connectivity index (χ0) is 28.8. The fourth-order valence-corrected chi connectivity index (χ4v) is 7.41. The third-order valence-corrected chi connectivity index (χ3v) is 9.20. The molecular weight excluding hydrogens is 555 g/mol. The standard InChI is InChI=1S/C32H29N3O4S2/c1-18(2)39-31(37)28-19(3)33-32-35(29(28)21-11-13-22(38-5)14-12-21)30(36)27(41-32)17-20-10-15-24-26(16-20)40-25-9-7-6-8-23(25)34(24)4/h6-18,29H,1-5H3/b27-17+/t29-/m0/s1. The van der Waals surface area contributed by atoms with Crippen LogP contribution in [0, 0.1) is 0 Å². The molecule has 1 aromatic heterocycles. The van der Waals surface area contributed by atoms with Crippen LogP contribution in [0.1, 0.15) is 37.9 Å². The van der Waals surface area contributed by atoms with Crippen molar-refractivity contribution in [3.8, 4) is 5.75 Å². The van der Waals surface area contributed by atoms with E-state index in [2.05, 4.69) is 36.2 Å². The summed E-state index contributed by atoms with van der Waals surface area (Å²) < 4.78 is 13.1. The third-order valence-electron chi connectivity index (χ3n) is 7.11. The number of hydrogen-bond acceptors (Lipinski definition) is 8. The number of aromatic nitrogens is 1. The lowest BCUT2D eigenvalue weighted by molar-refractivity contribution is -0.143. The molecule has 0 radical (unpaired) electrons. The first-order valence-corrected chi connectivity index (χ1v) is 14.9. The normalized spacial score (nSPS) is 16.2. The molecule has 7 nitrogen and oxygen atoms in total. The Morgan fingerprint density at radius 1 is 1.02 bits per heavy atom. The van der Waals surface area contributed by atoms with Gasteiger partial charge in [0, 0.05) is 16.8 Å². The number of ether oxygens (including phenoxy) is 2. The summed E-state index contributed by atoms with van der Waals surface area (Å²) in [7, 11) is 3.67. The number of carbonyl (C=O) groups excluding carboxylic acids is 1. The number of allylic oxidation sites excluding steroid dienone is 1. The number of rotatable bonds is 5. The molecule has 4 aromatic rings. The van der Waals surface area contributed by atoms with Crippen LogP contribution in [0.15, 0.2) is 97.6 Å². The summed E-state index contributed by atoms with van der Waals surface area (Å²) in [5.41, 5.74) is 4.68. The first-order chi connectivity index (χ1) is 19.7. The predicted octanol–water partition coefficient (Wildman–Crippen LogP) is 5.43. The Morgan fingerprint density at radius 3 is 2.49 bits per heavy atom. The van der Waals surface area contributed by atoms with Crippen molar-refractivity contribution in [2.75, 3.05) is 19.1 Å². The van der Waals surface area contributed by atoms with E-state index in [0.717, 1.165) is 21.7 Å². The van der Waals surface area contributed by atoms with Crippen LogP contribution in [0.25, 0.3) is 6.08 Å². The number of esters is 1. The van der Waals surface area contributed by atoms with Gasteiger partial charge in [0.15, 0.2) is 4.80 Å². The van der Waals surface area contributed by atoms with Gasteiger partial charge < -0.3 is 14.4 Å². The van der Waals surface area contributed by atoms with Crippen LogP contribution >= 0.6 is 23.1 Å². The van der Waals surface area contributed by atoms with E-state index >= 15 is 0 Å². The van der Waals surface area contributed by atoms with E-state index in [0.29, 0.717) is 26.4 Å². The van der Waals surface area contributed by atoms with Crippen LogP contribution in [-0.4, -0.2) is 30.8 Å². The Kier molecular flexibility index (Phi) is 7.09. The molecule has 9 heteroatoms. The topological polar surface area (TPSA) is 73.1 Å². The first-order valence-electron chi connectivity index (χ1n) is 13.3. The van der Waals surface area contributed by atoms with Gasteiger partial charge in [0.2, 0.25) is 0 Å². The lowest BCUT2D eigenvalue weighted by Crippen LogP contribution is -2.40. The van der Waals surface area contributed by atoms with Gasteiger partial charge in [-0.15, -0.1) is 0 Å². The van der Waals surface area contributed by atoms with E-state index in [1.807, 2.05) is 48.5 Å². The Bertz CT molecular complexity index is 1890. The van der Waals surface area contributed by atoms with Gasteiger partial charge in [0.25, 0.3) is 5.56 Å². The number of nitrogens with zero attached hydrogens (tertiary/aromatic N) is 3. The van der Waals surface area contributed by atoms with Crippen molar-refractivity contribution in [1.82, 2.24) is 4.57 Å². The van der Waals surface area contributed by atoms with Crippen LogP contribution in [0.5, 0.6) is 5.75 Å². The van der Waals surface area contributed by atoms with E-state index in [1.54, 1.807) is 44.2 Å². The molecule has 2 aliphatic heterocycles. The number of benzene rings is 3. The van der Waals surface area contributed by atoms with Crippen molar-refractivity contribution >= 4 is 46.5 Å². The zero-order valence-electron chi connectivity index (χ0n) is 23.4. The molecule has 0 saturated heterocycles. The predicted molar refractivity (Wildman–Crippen MR) is 163 cm³/mol. The molecule has 0 amide bonds. The molecule has 3 aromatic carbocycles. The largest absolute Gasteiger partial charge is 0.497 e. The van der Waals surface area contributed by atoms with Crippen LogP contribution in [0.2, 0.25) is 0 Å². The molecule has 208 valence electrons. The van der Waals surface area contributed by atoms with Crippen LogP contribution in [0.4, 0.5) is 11.4 Å². The molecule has 0 unspecified atom stereocenters. The average molecular weight is 584 g/mol. The summed E-state index contributed by atoms with van der Waals surface area (Å²) in [6, 6.07) is 21.3. The molecule has 0 saturated carbocycles. The number of anilines is 2. The Morgan fingerprint density at radius 2 is 1.76 bits per heavy atom. The molecular formula is C32H29N3O4S2. The smallest absolute Gasteiger partial charge is 0.338 e. The summed E-state index contributed by atoms with van der Waals surface area (Å²) in [6.07, 6.45) is 1.60. The summed E-state index contributed by atoms with van der Waals surface area (Å²) in [5, 5.41) is 0. The Balaban J connectivity index is 1.46. The summed E-state index contributed by atoms with van der Waals surface area (Å²) in [6.45, 7) is 5.40. The van der Waals surface area contributed by atoms with E-state index < -0.39 is 12.0 Å². The van der Waals surface area contributed by atoms with E-state index in [1.165, 1.54) is 21.9 Å². The highest BCUT2D eigenvalue weighted by atomic mass is 32.2. The van der Waals surface area contributed by atoms with Crippen molar-refractivity contribution in [1.29, 1.82) is 0 Å². The number of hydrogen-bond donors (Lipinski definition) is 0. The highest BCUT2D eigenvalue weighted by Gasteiger charge is 2.34. The minimum Gasteiger partial charge on any atom is -0.497 e. The molecule has 0 N–H and O–H groups in total. The van der Waals surface area contributed by atoms with Gasteiger partial charge in [0.05, 0.1) is 46.4 Å². The zero-order valence-corrected chi connectivity index (χ0v) is 25.0. The summed E-state index contributed by atoms with van der Waals surface area (Å²) >= 11 is 3.04. The quantitative estimate of drug-likeness (QED) is 0.292. The van der Waals surface area contributed by atoms with Gasteiger partial charge in [0.1, 0.15) is 5.75 Å².